The molecule has 3 rings (SSSR count). The molecular weight excluding hydrogens is 584 g/mol. The lowest BCUT2D eigenvalue weighted by atomic mass is 10.2. The molecule has 0 unspecified atom stereocenters. The maximum atomic E-state index is 12.7. The number of hydrogen-bond acceptors (Lipinski definition) is 12. The van der Waals surface area contributed by atoms with Crippen molar-refractivity contribution in [1.29, 1.82) is 0 Å². The molecule has 2 heterocycles. The molecule has 0 radical (unpaired) electrons. The highest BCUT2D eigenvalue weighted by Crippen LogP contribution is 2.38. The largest absolute Gasteiger partial charge is 0.480 e. The summed E-state index contributed by atoms with van der Waals surface area (Å²) in [5.41, 5.74) is -0.0705. The molecule has 0 amide bonds. The smallest absolute Gasteiger partial charge is 0.345 e. The number of ether oxygens (including phenoxy) is 7. The van der Waals surface area contributed by atoms with Gasteiger partial charge in [-0.3, -0.25) is 0 Å². The molecule has 1 aromatic carbocycles. The van der Waals surface area contributed by atoms with Crippen molar-refractivity contribution in [2.24, 2.45) is 0 Å². The van der Waals surface area contributed by atoms with Crippen molar-refractivity contribution in [3.05, 3.63) is 32.7 Å². The normalized spacial score (nSPS) is 10.3. The van der Waals surface area contributed by atoms with Gasteiger partial charge in [-0.25, -0.2) is 4.79 Å². The molecule has 0 spiro atoms. The third-order valence-electron chi connectivity index (χ3n) is 4.09. The Morgan fingerprint density at radius 1 is 0.676 bits per heavy atom. The van der Waals surface area contributed by atoms with Gasteiger partial charge >= 0.3 is 18.0 Å². The summed E-state index contributed by atoms with van der Waals surface area (Å²) in [7, 11) is 6.90. The quantitative estimate of drug-likeness (QED) is 0.325. The standard InChI is InChI=1S/C20H18Br2N4O8/c1-28-14-12(21)15(29-2)24-19(23-14)33-9-7-6-8-10(11(9)18(27)32-5)34-20-25-16(30-3)13(22)17(26-20)31-4/h6-8H,1-5H3. The fraction of sp³-hybridized carbons (Fsp3) is 0.250. The van der Waals surface area contributed by atoms with Crippen molar-refractivity contribution >= 4 is 37.8 Å². The van der Waals surface area contributed by atoms with E-state index < -0.39 is 5.97 Å². The summed E-state index contributed by atoms with van der Waals surface area (Å²) in [4.78, 5) is 29.3. The van der Waals surface area contributed by atoms with E-state index in [9.17, 15) is 4.79 Å². The van der Waals surface area contributed by atoms with E-state index in [-0.39, 0.29) is 52.6 Å². The number of hydrogen-bond donors (Lipinski definition) is 0. The number of nitrogens with zero attached hydrogens (tertiary/aromatic N) is 4. The highest BCUT2D eigenvalue weighted by molar-refractivity contribution is 9.11. The minimum atomic E-state index is -0.752. The van der Waals surface area contributed by atoms with Crippen LogP contribution in [-0.4, -0.2) is 61.5 Å². The van der Waals surface area contributed by atoms with Crippen molar-refractivity contribution in [2.75, 3.05) is 35.5 Å². The van der Waals surface area contributed by atoms with Gasteiger partial charge in [0.2, 0.25) is 23.5 Å². The summed E-state index contributed by atoms with van der Waals surface area (Å²) in [6.07, 6.45) is 0. The van der Waals surface area contributed by atoms with Gasteiger partial charge in [-0.05, 0) is 44.0 Å². The summed E-state index contributed by atoms with van der Waals surface area (Å²) >= 11 is 6.57. The van der Waals surface area contributed by atoms with Crippen LogP contribution in [0.3, 0.4) is 0 Å². The molecule has 2 aromatic heterocycles. The van der Waals surface area contributed by atoms with Gasteiger partial charge in [0.05, 0.1) is 35.5 Å². The van der Waals surface area contributed by atoms with Crippen LogP contribution in [0.2, 0.25) is 0 Å². The Morgan fingerprint density at radius 3 is 1.32 bits per heavy atom. The third-order valence-corrected chi connectivity index (χ3v) is 5.45. The number of methoxy groups -OCH3 is 5. The second kappa shape index (κ2) is 11.2. The number of carbonyl (C=O) groups excluding carboxylic acids is 1. The van der Waals surface area contributed by atoms with E-state index in [2.05, 4.69) is 51.8 Å². The van der Waals surface area contributed by atoms with Crippen LogP contribution >= 0.6 is 31.9 Å². The summed E-state index contributed by atoms with van der Waals surface area (Å²) in [5.74, 6) is -0.0309. The Labute approximate surface area is 210 Å². The average Bonchev–Trinajstić information content (AvgIpc) is 2.85. The first-order valence-corrected chi connectivity index (χ1v) is 10.8. The Morgan fingerprint density at radius 2 is 1.03 bits per heavy atom. The van der Waals surface area contributed by atoms with Gasteiger partial charge in [-0.1, -0.05) is 6.07 Å². The molecule has 0 aliphatic rings. The zero-order valence-electron chi connectivity index (χ0n) is 18.5. The number of esters is 1. The number of halogens is 2. The third kappa shape index (κ3) is 5.22. The number of rotatable bonds is 9. The maximum absolute atomic E-state index is 12.7. The van der Waals surface area contributed by atoms with Gasteiger partial charge in [-0.2, -0.15) is 19.9 Å². The van der Waals surface area contributed by atoms with Crippen LogP contribution in [0, 0.1) is 0 Å². The van der Waals surface area contributed by atoms with Gasteiger partial charge < -0.3 is 33.2 Å². The van der Waals surface area contributed by atoms with Crippen molar-refractivity contribution < 1.29 is 38.0 Å². The lowest BCUT2D eigenvalue weighted by Crippen LogP contribution is -2.08. The maximum Gasteiger partial charge on any atom is 0.345 e. The fourth-order valence-electron chi connectivity index (χ4n) is 2.59. The monoisotopic (exact) mass is 600 g/mol. The van der Waals surface area contributed by atoms with Crippen LogP contribution in [0.1, 0.15) is 10.4 Å². The van der Waals surface area contributed by atoms with Crippen LogP contribution in [-0.2, 0) is 4.74 Å². The van der Waals surface area contributed by atoms with E-state index in [0.717, 1.165) is 0 Å². The second-order valence-electron chi connectivity index (χ2n) is 6.00. The molecule has 0 saturated carbocycles. The summed E-state index contributed by atoms with van der Waals surface area (Å²) in [6.45, 7) is 0. The van der Waals surface area contributed by atoms with Crippen molar-refractivity contribution in [1.82, 2.24) is 19.9 Å². The van der Waals surface area contributed by atoms with Gasteiger partial charge in [-0.15, -0.1) is 0 Å². The van der Waals surface area contributed by atoms with Crippen LogP contribution in [0.5, 0.6) is 47.0 Å². The highest BCUT2D eigenvalue weighted by Gasteiger charge is 2.24. The van der Waals surface area contributed by atoms with Crippen molar-refractivity contribution in [3.63, 3.8) is 0 Å². The fourth-order valence-corrected chi connectivity index (χ4v) is 3.59. The molecule has 0 N–H and O–H groups in total. The van der Waals surface area contributed by atoms with E-state index >= 15 is 0 Å². The van der Waals surface area contributed by atoms with E-state index in [0.29, 0.717) is 8.95 Å². The summed E-state index contributed by atoms with van der Waals surface area (Å²) in [6, 6.07) is 4.29. The minimum Gasteiger partial charge on any atom is -0.480 e. The Kier molecular flexibility index (Phi) is 8.28. The molecule has 34 heavy (non-hydrogen) atoms. The van der Waals surface area contributed by atoms with Crippen LogP contribution < -0.4 is 28.4 Å². The second-order valence-corrected chi connectivity index (χ2v) is 7.59. The minimum absolute atomic E-state index is 0.0341. The lowest BCUT2D eigenvalue weighted by molar-refractivity contribution is 0.0594. The molecule has 0 aliphatic carbocycles. The number of aromatic nitrogens is 4. The van der Waals surface area contributed by atoms with E-state index in [1.54, 1.807) is 6.07 Å². The van der Waals surface area contributed by atoms with Crippen LogP contribution in [0.4, 0.5) is 0 Å². The van der Waals surface area contributed by atoms with Gasteiger partial charge in [0.25, 0.3) is 0 Å². The highest BCUT2D eigenvalue weighted by atomic mass is 79.9. The first kappa shape index (κ1) is 25.2. The molecular formula is C20H18Br2N4O8. The predicted molar refractivity (Wildman–Crippen MR) is 124 cm³/mol. The number of carbonyl (C=O) groups is 1. The van der Waals surface area contributed by atoms with Crippen LogP contribution in [0.25, 0.3) is 0 Å². The first-order valence-electron chi connectivity index (χ1n) is 9.24. The molecule has 14 heteroatoms. The topological polar surface area (TPSA) is 133 Å². The van der Waals surface area contributed by atoms with E-state index in [4.69, 9.17) is 33.2 Å². The SMILES string of the molecule is COC(=O)c1c(Oc2nc(OC)c(Br)c(OC)n2)cccc1Oc1nc(OC)c(Br)c(OC)n1. The summed E-state index contributed by atoms with van der Waals surface area (Å²) in [5, 5.41) is 0. The Hall–Kier alpha value is -3.39. The summed E-state index contributed by atoms with van der Waals surface area (Å²) < 4.78 is 38.1. The first-order chi connectivity index (χ1) is 16.4. The van der Waals surface area contributed by atoms with E-state index in [1.165, 1.54) is 47.7 Å². The molecule has 0 saturated heterocycles. The Bertz CT molecular complexity index is 1080. The van der Waals surface area contributed by atoms with Crippen LogP contribution in [0.15, 0.2) is 27.1 Å². The molecule has 0 atom stereocenters. The lowest BCUT2D eigenvalue weighted by Gasteiger charge is -2.15. The zero-order valence-corrected chi connectivity index (χ0v) is 21.7. The molecule has 3 aromatic rings. The number of benzene rings is 1. The predicted octanol–water partition coefficient (Wildman–Crippen LogP) is 4.20. The van der Waals surface area contributed by atoms with Crippen molar-refractivity contribution in [2.45, 2.75) is 0 Å². The Balaban J connectivity index is 2.07. The average molecular weight is 602 g/mol. The van der Waals surface area contributed by atoms with E-state index in [1.807, 2.05) is 0 Å². The molecule has 0 bridgehead atoms. The van der Waals surface area contributed by atoms with Gasteiger partial charge in [0.1, 0.15) is 26.0 Å². The molecule has 180 valence electrons. The van der Waals surface area contributed by atoms with Gasteiger partial charge in [0, 0.05) is 0 Å². The molecule has 12 nitrogen and oxygen atoms in total. The molecule has 0 fully saturated rings. The zero-order chi connectivity index (χ0) is 24.8. The van der Waals surface area contributed by atoms with Crippen molar-refractivity contribution in [3.8, 4) is 47.0 Å². The van der Waals surface area contributed by atoms with Gasteiger partial charge in [0.15, 0.2) is 0 Å². The molecule has 0 aliphatic heterocycles.